The molecule has 1 aromatic heterocycles. The van der Waals surface area contributed by atoms with Gasteiger partial charge < -0.3 is 15.7 Å². The summed E-state index contributed by atoms with van der Waals surface area (Å²) in [7, 11) is 0. The van der Waals surface area contributed by atoms with Gasteiger partial charge in [0.05, 0.1) is 0 Å². The van der Waals surface area contributed by atoms with Crippen molar-refractivity contribution in [1.29, 1.82) is 0 Å². The number of carbonyl (C=O) groups is 1. The van der Waals surface area contributed by atoms with Crippen LogP contribution in [0.25, 0.3) is 0 Å². The van der Waals surface area contributed by atoms with Crippen molar-refractivity contribution in [3.8, 4) is 0 Å². The molecule has 3 N–H and O–H groups in total. The summed E-state index contributed by atoms with van der Waals surface area (Å²) in [5, 5.41) is 15.6. The van der Waals surface area contributed by atoms with Gasteiger partial charge in [0.15, 0.2) is 0 Å². The number of carbonyl (C=O) groups excluding carboxylic acids is 1. The first kappa shape index (κ1) is 15.8. The maximum atomic E-state index is 11.8. The molecule has 5 nitrogen and oxygen atoms in total. The SMILES string of the molecule is CCNC(=O)c1cc(NCC2CCCCC2CO)ccn1. The van der Waals surface area contributed by atoms with E-state index in [-0.39, 0.29) is 12.5 Å². The van der Waals surface area contributed by atoms with Gasteiger partial charge in [0.1, 0.15) is 5.69 Å². The van der Waals surface area contributed by atoms with Gasteiger partial charge in [-0.2, -0.15) is 0 Å². The van der Waals surface area contributed by atoms with Gasteiger partial charge in [-0.1, -0.05) is 12.8 Å². The Kier molecular flexibility index (Phi) is 5.99. The number of hydrogen-bond acceptors (Lipinski definition) is 4. The molecule has 1 aliphatic carbocycles. The monoisotopic (exact) mass is 291 g/mol. The second kappa shape index (κ2) is 7.98. The van der Waals surface area contributed by atoms with Crippen LogP contribution in [0.5, 0.6) is 0 Å². The van der Waals surface area contributed by atoms with E-state index in [1.807, 2.05) is 13.0 Å². The Labute approximate surface area is 126 Å². The summed E-state index contributed by atoms with van der Waals surface area (Å²) in [5.74, 6) is 0.757. The van der Waals surface area contributed by atoms with Crippen LogP contribution in [0.15, 0.2) is 18.3 Å². The van der Waals surface area contributed by atoms with E-state index in [2.05, 4.69) is 15.6 Å². The van der Waals surface area contributed by atoms with E-state index in [1.165, 1.54) is 12.8 Å². The molecule has 116 valence electrons. The Morgan fingerprint density at radius 2 is 2.14 bits per heavy atom. The van der Waals surface area contributed by atoms with Crippen LogP contribution >= 0.6 is 0 Å². The van der Waals surface area contributed by atoms with E-state index < -0.39 is 0 Å². The smallest absolute Gasteiger partial charge is 0.269 e. The quantitative estimate of drug-likeness (QED) is 0.750. The van der Waals surface area contributed by atoms with E-state index in [0.29, 0.717) is 24.1 Å². The van der Waals surface area contributed by atoms with Gasteiger partial charge >= 0.3 is 0 Å². The molecule has 1 heterocycles. The molecule has 5 heteroatoms. The van der Waals surface area contributed by atoms with Gasteiger partial charge in [-0.3, -0.25) is 9.78 Å². The fourth-order valence-electron chi connectivity index (χ4n) is 2.96. The van der Waals surface area contributed by atoms with Gasteiger partial charge in [0.25, 0.3) is 5.91 Å². The molecule has 1 aliphatic rings. The van der Waals surface area contributed by atoms with Crippen molar-refractivity contribution in [1.82, 2.24) is 10.3 Å². The van der Waals surface area contributed by atoms with E-state index in [4.69, 9.17) is 0 Å². The molecular formula is C16H25N3O2. The number of rotatable bonds is 6. The van der Waals surface area contributed by atoms with Crippen molar-refractivity contribution in [3.63, 3.8) is 0 Å². The van der Waals surface area contributed by atoms with Gasteiger partial charge in [-0.05, 0) is 43.7 Å². The van der Waals surface area contributed by atoms with Crippen molar-refractivity contribution >= 4 is 11.6 Å². The summed E-state index contributed by atoms with van der Waals surface area (Å²) < 4.78 is 0. The van der Waals surface area contributed by atoms with Crippen LogP contribution in [0.2, 0.25) is 0 Å². The highest BCUT2D eigenvalue weighted by molar-refractivity contribution is 5.93. The lowest BCUT2D eigenvalue weighted by Crippen LogP contribution is -2.28. The minimum absolute atomic E-state index is 0.146. The number of nitrogens with zero attached hydrogens (tertiary/aromatic N) is 1. The maximum absolute atomic E-state index is 11.8. The minimum atomic E-state index is -0.146. The molecule has 2 unspecified atom stereocenters. The van der Waals surface area contributed by atoms with Crippen molar-refractivity contribution in [3.05, 3.63) is 24.0 Å². The lowest BCUT2D eigenvalue weighted by Gasteiger charge is -2.30. The summed E-state index contributed by atoms with van der Waals surface area (Å²) in [6.45, 7) is 3.59. The molecule has 0 bridgehead atoms. The Morgan fingerprint density at radius 3 is 2.86 bits per heavy atom. The van der Waals surface area contributed by atoms with Crippen LogP contribution in [-0.2, 0) is 0 Å². The van der Waals surface area contributed by atoms with Crippen LogP contribution < -0.4 is 10.6 Å². The number of hydrogen-bond donors (Lipinski definition) is 3. The zero-order valence-corrected chi connectivity index (χ0v) is 12.6. The standard InChI is InChI=1S/C16H25N3O2/c1-2-17-16(21)15-9-14(7-8-18-15)19-10-12-5-3-4-6-13(12)11-20/h7-9,12-13,20H,2-6,10-11H2,1H3,(H,17,21)(H,18,19). The van der Waals surface area contributed by atoms with Gasteiger partial charge in [0, 0.05) is 31.6 Å². The molecule has 1 aromatic rings. The predicted molar refractivity (Wildman–Crippen MR) is 83.3 cm³/mol. The third-order valence-electron chi connectivity index (χ3n) is 4.20. The highest BCUT2D eigenvalue weighted by Gasteiger charge is 2.24. The summed E-state index contributed by atoms with van der Waals surface area (Å²) >= 11 is 0. The molecular weight excluding hydrogens is 266 g/mol. The zero-order chi connectivity index (χ0) is 15.1. The summed E-state index contributed by atoms with van der Waals surface area (Å²) in [5.41, 5.74) is 1.35. The molecule has 2 atom stereocenters. The number of aliphatic hydroxyl groups is 1. The van der Waals surface area contributed by atoms with Gasteiger partial charge in [-0.15, -0.1) is 0 Å². The third kappa shape index (κ3) is 4.43. The Hall–Kier alpha value is -1.62. The van der Waals surface area contributed by atoms with Gasteiger partial charge in [0.2, 0.25) is 0 Å². The Balaban J connectivity index is 1.93. The zero-order valence-electron chi connectivity index (χ0n) is 12.6. The average Bonchev–Trinajstić information content (AvgIpc) is 2.53. The molecule has 0 aliphatic heterocycles. The normalized spacial score (nSPS) is 21.8. The van der Waals surface area contributed by atoms with Crippen molar-refractivity contribution in [2.24, 2.45) is 11.8 Å². The molecule has 0 saturated heterocycles. The molecule has 0 spiro atoms. The Morgan fingerprint density at radius 1 is 1.38 bits per heavy atom. The average molecular weight is 291 g/mol. The highest BCUT2D eigenvalue weighted by Crippen LogP contribution is 2.29. The number of aromatic nitrogens is 1. The molecule has 0 radical (unpaired) electrons. The molecule has 1 fully saturated rings. The first-order valence-electron chi connectivity index (χ1n) is 7.83. The number of aliphatic hydroxyl groups excluding tert-OH is 1. The molecule has 1 amide bonds. The van der Waals surface area contributed by atoms with E-state index in [9.17, 15) is 9.90 Å². The van der Waals surface area contributed by atoms with Gasteiger partial charge in [-0.25, -0.2) is 0 Å². The summed E-state index contributed by atoms with van der Waals surface area (Å²) in [6.07, 6.45) is 6.38. The first-order chi connectivity index (χ1) is 10.2. The fraction of sp³-hybridized carbons (Fsp3) is 0.625. The number of nitrogens with one attached hydrogen (secondary N) is 2. The second-order valence-corrected chi connectivity index (χ2v) is 5.66. The minimum Gasteiger partial charge on any atom is -0.396 e. The van der Waals surface area contributed by atoms with Crippen LogP contribution in [0.1, 0.15) is 43.1 Å². The first-order valence-corrected chi connectivity index (χ1v) is 7.83. The lowest BCUT2D eigenvalue weighted by molar-refractivity contribution is 0.0951. The topological polar surface area (TPSA) is 74.2 Å². The molecule has 1 saturated carbocycles. The maximum Gasteiger partial charge on any atom is 0.269 e. The summed E-state index contributed by atoms with van der Waals surface area (Å²) in [4.78, 5) is 15.9. The predicted octanol–water partition coefficient (Wildman–Crippen LogP) is 2.04. The van der Waals surface area contributed by atoms with E-state index in [0.717, 1.165) is 25.1 Å². The number of amides is 1. The largest absolute Gasteiger partial charge is 0.396 e. The van der Waals surface area contributed by atoms with Crippen molar-refractivity contribution in [2.75, 3.05) is 25.0 Å². The van der Waals surface area contributed by atoms with Crippen LogP contribution in [-0.4, -0.2) is 35.7 Å². The lowest BCUT2D eigenvalue weighted by atomic mass is 9.79. The molecule has 2 rings (SSSR count). The fourth-order valence-corrected chi connectivity index (χ4v) is 2.96. The van der Waals surface area contributed by atoms with E-state index in [1.54, 1.807) is 12.3 Å². The molecule has 21 heavy (non-hydrogen) atoms. The number of pyridine rings is 1. The van der Waals surface area contributed by atoms with Crippen LogP contribution in [0, 0.1) is 11.8 Å². The second-order valence-electron chi connectivity index (χ2n) is 5.66. The highest BCUT2D eigenvalue weighted by atomic mass is 16.3. The third-order valence-corrected chi connectivity index (χ3v) is 4.20. The number of anilines is 1. The van der Waals surface area contributed by atoms with Crippen LogP contribution in [0.3, 0.4) is 0 Å². The van der Waals surface area contributed by atoms with Crippen LogP contribution in [0.4, 0.5) is 5.69 Å². The summed E-state index contributed by atoms with van der Waals surface area (Å²) in [6, 6.07) is 3.65. The Bertz CT molecular complexity index is 465. The van der Waals surface area contributed by atoms with Crippen molar-refractivity contribution in [2.45, 2.75) is 32.6 Å². The molecule has 0 aromatic carbocycles. The van der Waals surface area contributed by atoms with E-state index >= 15 is 0 Å². The van der Waals surface area contributed by atoms with Crippen molar-refractivity contribution < 1.29 is 9.90 Å².